The topological polar surface area (TPSA) is 118 Å². The summed E-state index contributed by atoms with van der Waals surface area (Å²) < 4.78 is 7.10. The number of likely N-dealkylation sites (tertiary alicyclic amines) is 1. The van der Waals surface area contributed by atoms with E-state index in [2.05, 4.69) is 32.3 Å². The lowest BCUT2D eigenvalue weighted by atomic mass is 9.97. The van der Waals surface area contributed by atoms with E-state index in [1.165, 1.54) is 4.90 Å². The van der Waals surface area contributed by atoms with Gasteiger partial charge in [-0.1, -0.05) is 30.3 Å². The molecule has 0 radical (unpaired) electrons. The molecule has 190 valence electrons. The van der Waals surface area contributed by atoms with Gasteiger partial charge in [-0.05, 0) is 71.8 Å². The van der Waals surface area contributed by atoms with Crippen LogP contribution in [-0.4, -0.2) is 52.2 Å². The largest absolute Gasteiger partial charge is 0.489 e. The van der Waals surface area contributed by atoms with Crippen molar-refractivity contribution < 1.29 is 19.4 Å². The highest BCUT2D eigenvalue weighted by atomic mass is 79.9. The minimum Gasteiger partial charge on any atom is -0.489 e. The zero-order chi connectivity index (χ0) is 25.5. The summed E-state index contributed by atoms with van der Waals surface area (Å²) in [5.74, 6) is 0.543. The molecule has 4 rings (SSSR count). The first-order valence-electron chi connectivity index (χ1n) is 12.2. The van der Waals surface area contributed by atoms with E-state index in [9.17, 15) is 14.7 Å². The van der Waals surface area contributed by atoms with Crippen LogP contribution in [0, 0.1) is 0 Å². The lowest BCUT2D eigenvalue weighted by molar-refractivity contribution is -0.127. The van der Waals surface area contributed by atoms with Crippen molar-refractivity contribution in [3.8, 4) is 5.75 Å². The minimum atomic E-state index is -1.08. The molecule has 2 aromatic carbocycles. The monoisotopic (exact) mass is 554 g/mol. The number of carboxylic acid groups (broad SMARTS) is 1. The number of nitrogens with zero attached hydrogens (tertiary/aromatic N) is 2. The molecule has 8 nitrogen and oxygen atoms in total. The van der Waals surface area contributed by atoms with Gasteiger partial charge < -0.3 is 20.9 Å². The molecule has 1 saturated heterocycles. The van der Waals surface area contributed by atoms with Gasteiger partial charge in [0.05, 0.1) is 5.52 Å². The summed E-state index contributed by atoms with van der Waals surface area (Å²) in [6.07, 6.45) is 3.93. The number of carbonyl (C=O) groups is 2. The van der Waals surface area contributed by atoms with E-state index in [0.717, 1.165) is 51.5 Å². The Hall–Kier alpha value is -3.17. The zero-order valence-corrected chi connectivity index (χ0v) is 21.6. The molecule has 0 bridgehead atoms. The molecule has 9 heteroatoms. The molecule has 2 atom stereocenters. The van der Waals surface area contributed by atoms with Crippen molar-refractivity contribution in [2.24, 2.45) is 5.73 Å². The van der Waals surface area contributed by atoms with Crippen molar-refractivity contribution in [1.82, 2.24) is 15.2 Å². The number of fused-ring (bicyclic) bond motifs is 1. The van der Waals surface area contributed by atoms with Gasteiger partial charge in [0, 0.05) is 40.8 Å². The molecular weight excluding hydrogens is 524 g/mol. The van der Waals surface area contributed by atoms with Gasteiger partial charge in [0.25, 0.3) is 0 Å². The number of piperidine rings is 1. The average Bonchev–Trinajstić information content (AvgIpc) is 2.88. The van der Waals surface area contributed by atoms with Crippen molar-refractivity contribution in [1.29, 1.82) is 0 Å². The number of aromatic nitrogens is 1. The van der Waals surface area contributed by atoms with Crippen molar-refractivity contribution in [2.45, 2.75) is 50.8 Å². The Bertz CT molecular complexity index is 1210. The summed E-state index contributed by atoms with van der Waals surface area (Å²) in [5, 5.41) is 13.3. The van der Waals surface area contributed by atoms with Crippen LogP contribution >= 0.6 is 15.9 Å². The number of rotatable bonds is 9. The number of hydrogen-bond acceptors (Lipinski definition) is 5. The second kappa shape index (κ2) is 12.2. The van der Waals surface area contributed by atoms with E-state index < -0.39 is 12.1 Å². The summed E-state index contributed by atoms with van der Waals surface area (Å²) in [6.45, 7) is 1.22. The maximum Gasteiger partial charge on any atom is 0.407 e. The van der Waals surface area contributed by atoms with Crippen LogP contribution in [0.15, 0.2) is 59.2 Å². The third-order valence-corrected chi connectivity index (χ3v) is 6.92. The summed E-state index contributed by atoms with van der Waals surface area (Å²) in [7, 11) is 0. The summed E-state index contributed by atoms with van der Waals surface area (Å²) in [6, 6.07) is 15.1. The quantitative estimate of drug-likeness (QED) is 0.335. The summed E-state index contributed by atoms with van der Waals surface area (Å²) in [4.78, 5) is 29.9. The fourth-order valence-corrected chi connectivity index (χ4v) is 4.90. The highest BCUT2D eigenvalue weighted by Crippen LogP contribution is 2.31. The maximum atomic E-state index is 12.7. The normalized spacial score (nSPS) is 17.7. The Morgan fingerprint density at radius 3 is 2.78 bits per heavy atom. The van der Waals surface area contributed by atoms with Crippen molar-refractivity contribution >= 4 is 38.8 Å². The predicted molar refractivity (Wildman–Crippen MR) is 142 cm³/mol. The fraction of sp³-hybridized carbons (Fsp3) is 0.370. The highest BCUT2D eigenvalue weighted by Gasteiger charge is 2.34. The average molecular weight is 555 g/mol. The third-order valence-electron chi connectivity index (χ3n) is 6.48. The van der Waals surface area contributed by atoms with Gasteiger partial charge in [-0.15, -0.1) is 0 Å². The number of nitrogens with two attached hydrogens (primary N) is 1. The van der Waals surface area contributed by atoms with Crippen LogP contribution in [0.3, 0.4) is 0 Å². The molecule has 1 aliphatic heterocycles. The second-order valence-corrected chi connectivity index (χ2v) is 9.98. The van der Waals surface area contributed by atoms with Crippen molar-refractivity contribution in [3.05, 3.63) is 70.3 Å². The molecule has 0 saturated carbocycles. The van der Waals surface area contributed by atoms with Crippen molar-refractivity contribution in [3.63, 3.8) is 0 Å². The number of unbranched alkanes of at least 4 members (excludes halogenated alkanes) is 1. The van der Waals surface area contributed by atoms with E-state index in [1.807, 2.05) is 42.5 Å². The lowest BCUT2D eigenvalue weighted by Gasteiger charge is -2.35. The van der Waals surface area contributed by atoms with Crippen LogP contribution in [0.1, 0.15) is 36.8 Å². The number of benzene rings is 2. The number of aryl methyl sites for hydroxylation is 1. The Morgan fingerprint density at radius 2 is 2.00 bits per heavy atom. The number of pyridine rings is 1. The minimum absolute atomic E-state index is 0.162. The zero-order valence-electron chi connectivity index (χ0n) is 20.0. The van der Waals surface area contributed by atoms with E-state index in [0.29, 0.717) is 26.0 Å². The number of nitrogens with one attached hydrogen (secondary N) is 1. The Morgan fingerprint density at radius 1 is 1.19 bits per heavy atom. The van der Waals surface area contributed by atoms with Crippen LogP contribution in [0.2, 0.25) is 0 Å². The van der Waals surface area contributed by atoms with Crippen LogP contribution in [0.4, 0.5) is 4.79 Å². The SMILES string of the molecule is NC1CCN(C(=O)O)[C@H](C(=O)NCCCCc2c(OCc3ccccc3)ccc3ncc(Br)cc23)C1. The Balaban J connectivity index is 1.38. The van der Waals surface area contributed by atoms with Gasteiger partial charge in [0.1, 0.15) is 18.4 Å². The number of halogens is 1. The molecular formula is C27H31BrN4O4. The molecule has 4 N–H and O–H groups in total. The maximum absolute atomic E-state index is 12.7. The summed E-state index contributed by atoms with van der Waals surface area (Å²) >= 11 is 3.53. The first-order chi connectivity index (χ1) is 17.4. The van der Waals surface area contributed by atoms with Crippen LogP contribution in [0.5, 0.6) is 5.75 Å². The molecule has 1 aliphatic rings. The molecule has 2 heterocycles. The fourth-order valence-electron chi connectivity index (χ4n) is 4.57. The molecule has 36 heavy (non-hydrogen) atoms. The smallest absolute Gasteiger partial charge is 0.407 e. The number of hydrogen-bond donors (Lipinski definition) is 3. The van der Waals surface area contributed by atoms with Gasteiger partial charge >= 0.3 is 6.09 Å². The Labute approximate surface area is 219 Å². The lowest BCUT2D eigenvalue weighted by Crippen LogP contribution is -2.55. The van der Waals surface area contributed by atoms with E-state index in [1.54, 1.807) is 6.20 Å². The van der Waals surface area contributed by atoms with Gasteiger partial charge in [-0.2, -0.15) is 0 Å². The van der Waals surface area contributed by atoms with Gasteiger partial charge in [0.15, 0.2) is 0 Å². The molecule has 3 aromatic rings. The van der Waals surface area contributed by atoms with Crippen LogP contribution < -0.4 is 15.8 Å². The van der Waals surface area contributed by atoms with Gasteiger partial charge in [0.2, 0.25) is 5.91 Å². The standard InChI is InChI=1S/C27H31BrN4O4/c28-19-14-22-21(25(10-9-23(22)31-16-19)36-17-18-6-2-1-3-7-18)8-4-5-12-30-26(33)24-15-20(29)11-13-32(24)27(34)35/h1-3,6-7,9-10,14,16,20,24H,4-5,8,11-13,15,17,29H2,(H,30,33)(H,34,35)/t20?,24-/m0/s1. The van der Waals surface area contributed by atoms with E-state index in [4.69, 9.17) is 10.5 Å². The molecule has 2 amide bonds. The van der Waals surface area contributed by atoms with Crippen LogP contribution in [0.25, 0.3) is 10.9 Å². The summed E-state index contributed by atoms with van der Waals surface area (Å²) in [5.41, 5.74) is 9.05. The molecule has 1 aromatic heterocycles. The number of ether oxygens (including phenoxy) is 1. The number of carbonyl (C=O) groups excluding carboxylic acids is 1. The van der Waals surface area contributed by atoms with E-state index >= 15 is 0 Å². The highest BCUT2D eigenvalue weighted by molar-refractivity contribution is 9.10. The third kappa shape index (κ3) is 6.53. The van der Waals surface area contributed by atoms with E-state index in [-0.39, 0.29) is 18.5 Å². The first kappa shape index (κ1) is 25.9. The number of amides is 2. The predicted octanol–water partition coefficient (Wildman–Crippen LogP) is 4.48. The molecule has 1 unspecified atom stereocenters. The van der Waals surface area contributed by atoms with Gasteiger partial charge in [-0.25, -0.2) is 4.79 Å². The van der Waals surface area contributed by atoms with Crippen LogP contribution in [-0.2, 0) is 17.8 Å². The molecule has 1 fully saturated rings. The molecule has 0 aliphatic carbocycles. The van der Waals surface area contributed by atoms with Crippen molar-refractivity contribution in [2.75, 3.05) is 13.1 Å². The molecule has 0 spiro atoms. The Kier molecular flexibility index (Phi) is 8.77. The van der Waals surface area contributed by atoms with Gasteiger partial charge in [-0.3, -0.25) is 14.7 Å². The first-order valence-corrected chi connectivity index (χ1v) is 13.0. The second-order valence-electron chi connectivity index (χ2n) is 9.06.